The molecule has 2 aromatic carbocycles. The van der Waals surface area contributed by atoms with E-state index in [0.717, 1.165) is 11.4 Å². The minimum Gasteiger partial charge on any atom is -0.372 e. The summed E-state index contributed by atoms with van der Waals surface area (Å²) in [6.45, 7) is 4.25. The van der Waals surface area contributed by atoms with Crippen LogP contribution >= 0.6 is 0 Å². The molecule has 1 unspecified atom stereocenters. The van der Waals surface area contributed by atoms with E-state index in [0.29, 0.717) is 5.56 Å². The molecule has 1 N–H and O–H groups in total. The number of halogens is 1. The molecule has 0 radical (unpaired) electrons. The molecule has 4 heteroatoms. The molecular formula is C18H19FN2O. The first kappa shape index (κ1) is 14.6. The Labute approximate surface area is 129 Å². The molecule has 22 heavy (non-hydrogen) atoms. The van der Waals surface area contributed by atoms with Gasteiger partial charge in [-0.3, -0.25) is 4.79 Å². The highest BCUT2D eigenvalue weighted by molar-refractivity contribution is 6.04. The van der Waals surface area contributed by atoms with Gasteiger partial charge in [0.2, 0.25) is 5.91 Å². The molecule has 1 amide bonds. The molecule has 1 atom stereocenters. The third kappa shape index (κ3) is 2.56. The average Bonchev–Trinajstić information content (AvgIpc) is 2.51. The van der Waals surface area contributed by atoms with Crippen molar-refractivity contribution >= 4 is 17.3 Å². The number of amides is 1. The predicted octanol–water partition coefficient (Wildman–Crippen LogP) is 3.81. The first-order valence-electron chi connectivity index (χ1n) is 7.48. The third-order valence-corrected chi connectivity index (χ3v) is 3.99. The molecular weight excluding hydrogens is 279 g/mol. The zero-order chi connectivity index (χ0) is 15.7. The lowest BCUT2D eigenvalue weighted by Crippen LogP contribution is -2.49. The Morgan fingerprint density at radius 1 is 1.14 bits per heavy atom. The molecule has 1 aliphatic rings. The van der Waals surface area contributed by atoms with Gasteiger partial charge in [-0.2, -0.15) is 0 Å². The van der Waals surface area contributed by atoms with Crippen LogP contribution in [0.3, 0.4) is 0 Å². The number of anilines is 2. The molecule has 3 nitrogen and oxygen atoms in total. The van der Waals surface area contributed by atoms with Crippen molar-refractivity contribution in [2.75, 3.05) is 10.2 Å². The fourth-order valence-corrected chi connectivity index (χ4v) is 2.76. The molecule has 114 valence electrons. The van der Waals surface area contributed by atoms with E-state index in [1.165, 1.54) is 6.07 Å². The Morgan fingerprint density at radius 3 is 2.55 bits per heavy atom. The highest BCUT2D eigenvalue weighted by Gasteiger charge is 2.34. The van der Waals surface area contributed by atoms with Crippen molar-refractivity contribution in [1.29, 1.82) is 0 Å². The number of fused-ring (bicyclic) bond motifs is 1. The topological polar surface area (TPSA) is 32.3 Å². The molecule has 0 aromatic heterocycles. The van der Waals surface area contributed by atoms with Gasteiger partial charge in [0.15, 0.2) is 0 Å². The van der Waals surface area contributed by atoms with Crippen molar-refractivity contribution in [3.63, 3.8) is 0 Å². The zero-order valence-corrected chi connectivity index (χ0v) is 12.7. The summed E-state index contributed by atoms with van der Waals surface area (Å²) in [5.74, 6) is -0.145. The predicted molar refractivity (Wildman–Crippen MR) is 86.3 cm³/mol. The van der Waals surface area contributed by atoms with Crippen LogP contribution in [0.1, 0.15) is 19.4 Å². The highest BCUT2D eigenvalue weighted by atomic mass is 19.1. The van der Waals surface area contributed by atoms with Gasteiger partial charge in [0.05, 0.1) is 17.9 Å². The van der Waals surface area contributed by atoms with Crippen LogP contribution in [0.4, 0.5) is 15.8 Å². The van der Waals surface area contributed by atoms with E-state index < -0.39 is 0 Å². The Kier molecular flexibility index (Phi) is 3.84. The van der Waals surface area contributed by atoms with Gasteiger partial charge in [-0.1, -0.05) is 44.2 Å². The van der Waals surface area contributed by atoms with Crippen LogP contribution in [0.5, 0.6) is 0 Å². The molecule has 0 bridgehead atoms. The molecule has 0 fully saturated rings. The number of para-hydroxylation sites is 2. The van der Waals surface area contributed by atoms with Crippen molar-refractivity contribution < 1.29 is 9.18 Å². The van der Waals surface area contributed by atoms with E-state index in [1.54, 1.807) is 23.1 Å². The van der Waals surface area contributed by atoms with Crippen molar-refractivity contribution in [3.8, 4) is 0 Å². The smallest absolute Gasteiger partial charge is 0.250 e. The van der Waals surface area contributed by atoms with Crippen LogP contribution in [0.25, 0.3) is 0 Å². The molecule has 0 saturated heterocycles. The number of hydrogen-bond donors (Lipinski definition) is 1. The summed E-state index contributed by atoms with van der Waals surface area (Å²) in [5.41, 5.74) is 2.24. The van der Waals surface area contributed by atoms with E-state index in [-0.39, 0.29) is 30.2 Å². The standard InChI is InChI=1S/C18H19FN2O/c1-12(2)17-18(22)21(11-13-7-3-4-8-14(13)19)16-10-6-5-9-15(16)20-17/h3-10,12,17,20H,11H2,1-2H3. The number of rotatable bonds is 3. The zero-order valence-electron chi connectivity index (χ0n) is 12.7. The second kappa shape index (κ2) is 5.79. The Bertz CT molecular complexity index is 699. The van der Waals surface area contributed by atoms with Crippen LogP contribution in [0.15, 0.2) is 48.5 Å². The van der Waals surface area contributed by atoms with Gasteiger partial charge in [0, 0.05) is 5.56 Å². The maximum atomic E-state index is 13.9. The highest BCUT2D eigenvalue weighted by Crippen LogP contribution is 2.34. The monoisotopic (exact) mass is 298 g/mol. The first-order chi connectivity index (χ1) is 10.6. The Balaban J connectivity index is 2.00. The van der Waals surface area contributed by atoms with Crippen LogP contribution in [0, 0.1) is 11.7 Å². The third-order valence-electron chi connectivity index (χ3n) is 3.99. The van der Waals surface area contributed by atoms with Gasteiger partial charge in [0.1, 0.15) is 11.9 Å². The lowest BCUT2D eigenvalue weighted by molar-refractivity contribution is -0.120. The molecule has 1 aliphatic heterocycles. The SMILES string of the molecule is CC(C)C1Nc2ccccc2N(Cc2ccccc2F)C1=O. The molecule has 0 aliphatic carbocycles. The van der Waals surface area contributed by atoms with Crippen molar-refractivity contribution in [3.05, 3.63) is 59.9 Å². The number of nitrogens with zero attached hydrogens (tertiary/aromatic N) is 1. The van der Waals surface area contributed by atoms with Gasteiger partial charge in [-0.05, 0) is 24.1 Å². The summed E-state index contributed by atoms with van der Waals surface area (Å²) >= 11 is 0. The number of benzene rings is 2. The minimum absolute atomic E-state index is 0.0167. The lowest BCUT2D eigenvalue weighted by Gasteiger charge is -2.37. The summed E-state index contributed by atoms with van der Waals surface area (Å²) in [7, 11) is 0. The van der Waals surface area contributed by atoms with E-state index >= 15 is 0 Å². The van der Waals surface area contributed by atoms with E-state index in [2.05, 4.69) is 5.32 Å². The maximum Gasteiger partial charge on any atom is 0.250 e. The largest absolute Gasteiger partial charge is 0.372 e. The normalized spacial score (nSPS) is 17.4. The van der Waals surface area contributed by atoms with Gasteiger partial charge in [-0.15, -0.1) is 0 Å². The number of nitrogens with one attached hydrogen (secondary N) is 1. The number of carbonyl (C=O) groups excluding carboxylic acids is 1. The molecule has 3 rings (SSSR count). The minimum atomic E-state index is -0.290. The number of hydrogen-bond acceptors (Lipinski definition) is 2. The second-order valence-electron chi connectivity index (χ2n) is 5.90. The fourth-order valence-electron chi connectivity index (χ4n) is 2.76. The van der Waals surface area contributed by atoms with Crippen LogP contribution in [-0.4, -0.2) is 11.9 Å². The Hall–Kier alpha value is -2.36. The summed E-state index contributed by atoms with van der Waals surface area (Å²) in [4.78, 5) is 14.5. The second-order valence-corrected chi connectivity index (χ2v) is 5.90. The van der Waals surface area contributed by atoms with Crippen molar-refractivity contribution in [2.24, 2.45) is 5.92 Å². The Morgan fingerprint density at radius 2 is 1.82 bits per heavy atom. The molecule has 2 aromatic rings. The van der Waals surface area contributed by atoms with Gasteiger partial charge in [-0.25, -0.2) is 4.39 Å². The van der Waals surface area contributed by atoms with E-state index in [9.17, 15) is 9.18 Å². The van der Waals surface area contributed by atoms with E-state index in [4.69, 9.17) is 0 Å². The van der Waals surface area contributed by atoms with Gasteiger partial charge >= 0.3 is 0 Å². The summed E-state index contributed by atoms with van der Waals surface area (Å²) < 4.78 is 13.9. The van der Waals surface area contributed by atoms with Crippen LogP contribution in [0.2, 0.25) is 0 Å². The molecule has 0 spiro atoms. The summed E-state index contributed by atoms with van der Waals surface area (Å²) in [6, 6.07) is 14.0. The van der Waals surface area contributed by atoms with Crippen LogP contribution < -0.4 is 10.2 Å². The summed E-state index contributed by atoms with van der Waals surface area (Å²) in [6.07, 6.45) is 0. The van der Waals surface area contributed by atoms with Crippen LogP contribution in [-0.2, 0) is 11.3 Å². The van der Waals surface area contributed by atoms with Crippen molar-refractivity contribution in [2.45, 2.75) is 26.4 Å². The van der Waals surface area contributed by atoms with E-state index in [1.807, 2.05) is 38.1 Å². The lowest BCUT2D eigenvalue weighted by atomic mass is 9.98. The quantitative estimate of drug-likeness (QED) is 0.934. The van der Waals surface area contributed by atoms with Gasteiger partial charge < -0.3 is 10.2 Å². The maximum absolute atomic E-state index is 13.9. The van der Waals surface area contributed by atoms with Gasteiger partial charge in [0.25, 0.3) is 0 Å². The average molecular weight is 298 g/mol. The molecule has 1 heterocycles. The fraction of sp³-hybridized carbons (Fsp3) is 0.278. The summed E-state index contributed by atoms with van der Waals surface area (Å²) in [5, 5.41) is 3.29. The molecule has 0 saturated carbocycles. The first-order valence-corrected chi connectivity index (χ1v) is 7.48. The van der Waals surface area contributed by atoms with Crippen molar-refractivity contribution in [1.82, 2.24) is 0 Å². The number of carbonyl (C=O) groups is 1.